The normalized spacial score (nSPS) is 21.5. The van der Waals surface area contributed by atoms with E-state index in [1.165, 1.54) is 0 Å². The first-order valence-electron chi connectivity index (χ1n) is 8.83. The van der Waals surface area contributed by atoms with Crippen LogP contribution in [0.1, 0.15) is 31.2 Å². The van der Waals surface area contributed by atoms with Gasteiger partial charge in [0.1, 0.15) is 12.4 Å². The van der Waals surface area contributed by atoms with Crippen LogP contribution in [0.2, 0.25) is 0 Å². The fourth-order valence-electron chi connectivity index (χ4n) is 3.78. The molecule has 24 heavy (non-hydrogen) atoms. The number of rotatable bonds is 4. The van der Waals surface area contributed by atoms with Crippen LogP contribution in [0, 0.1) is 12.3 Å². The first kappa shape index (κ1) is 17.2. The van der Waals surface area contributed by atoms with E-state index in [0.29, 0.717) is 5.75 Å². The van der Waals surface area contributed by atoms with Crippen LogP contribution in [0.15, 0.2) is 24.3 Å². The first-order chi connectivity index (χ1) is 11.6. The fraction of sp³-hybridized carbons (Fsp3) is 0.632. The summed E-state index contributed by atoms with van der Waals surface area (Å²) >= 11 is 0. The smallest absolute Gasteiger partial charge is 0.254 e. The van der Waals surface area contributed by atoms with E-state index < -0.39 is 6.10 Å². The van der Waals surface area contributed by atoms with Gasteiger partial charge in [0, 0.05) is 26.3 Å². The molecule has 0 aliphatic carbocycles. The minimum atomic E-state index is -1.11. The highest BCUT2D eigenvalue weighted by Gasteiger charge is 2.39. The van der Waals surface area contributed by atoms with Gasteiger partial charge in [0.2, 0.25) is 0 Å². The average molecular weight is 333 g/mol. The molecule has 3 rings (SSSR count). The number of nitrogens with zero attached hydrogens (tertiary/aromatic N) is 1. The van der Waals surface area contributed by atoms with E-state index in [-0.39, 0.29) is 17.9 Å². The van der Waals surface area contributed by atoms with E-state index in [1.54, 1.807) is 0 Å². The molecule has 1 amide bonds. The van der Waals surface area contributed by atoms with Crippen LogP contribution in [0.4, 0.5) is 0 Å². The average Bonchev–Trinajstić information content (AvgIpc) is 2.61. The van der Waals surface area contributed by atoms with Gasteiger partial charge in [-0.15, -0.1) is 0 Å². The summed E-state index contributed by atoms with van der Waals surface area (Å²) in [5.41, 5.74) is 1.18. The van der Waals surface area contributed by atoms with Crippen molar-refractivity contribution >= 4 is 5.91 Å². The quantitative estimate of drug-likeness (QED) is 0.917. The van der Waals surface area contributed by atoms with Gasteiger partial charge in [0.15, 0.2) is 6.10 Å². The molecule has 132 valence electrons. The Bertz CT molecular complexity index is 563. The van der Waals surface area contributed by atoms with E-state index in [0.717, 1.165) is 57.6 Å². The lowest BCUT2D eigenvalue weighted by atomic mass is 9.74. The highest BCUT2D eigenvalue weighted by atomic mass is 16.5. The third kappa shape index (κ3) is 3.90. The maximum atomic E-state index is 12.6. The van der Waals surface area contributed by atoms with Crippen LogP contribution < -0.4 is 4.74 Å². The van der Waals surface area contributed by atoms with Crippen molar-refractivity contribution in [1.82, 2.24) is 4.90 Å². The number of ether oxygens (including phenoxy) is 2. The molecule has 1 N–H and O–H groups in total. The molecule has 5 nitrogen and oxygen atoms in total. The standard InChI is InChI=1S/C19H27NO4/c1-15-5-2-3-6-17(15)24-13-16(21)18(22)20-10-4-7-19(14-20)8-11-23-12-9-19/h2-3,5-6,16,21H,4,7-14H2,1H3. The molecule has 1 spiro atoms. The largest absolute Gasteiger partial charge is 0.490 e. The molecule has 0 saturated carbocycles. The van der Waals surface area contributed by atoms with E-state index in [4.69, 9.17) is 9.47 Å². The molecule has 2 aliphatic heterocycles. The zero-order chi connectivity index (χ0) is 17.0. The number of aryl methyl sites for hydroxylation is 1. The van der Waals surface area contributed by atoms with Gasteiger partial charge >= 0.3 is 0 Å². The van der Waals surface area contributed by atoms with Crippen molar-refractivity contribution in [1.29, 1.82) is 0 Å². The summed E-state index contributed by atoms with van der Waals surface area (Å²) in [5.74, 6) is 0.498. The Balaban J connectivity index is 1.56. The number of likely N-dealkylation sites (tertiary alicyclic amines) is 1. The lowest BCUT2D eigenvalue weighted by Crippen LogP contribution is -2.52. The van der Waals surface area contributed by atoms with Crippen molar-refractivity contribution in [3.63, 3.8) is 0 Å². The highest BCUT2D eigenvalue weighted by molar-refractivity contribution is 5.81. The van der Waals surface area contributed by atoms with Crippen molar-refractivity contribution in [2.45, 2.75) is 38.7 Å². The highest BCUT2D eigenvalue weighted by Crippen LogP contribution is 2.39. The summed E-state index contributed by atoms with van der Waals surface area (Å²) in [6.45, 7) is 4.96. The molecule has 0 aromatic heterocycles. The molecule has 2 heterocycles. The molecule has 2 fully saturated rings. The zero-order valence-corrected chi connectivity index (χ0v) is 14.4. The molecule has 0 radical (unpaired) electrons. The molecule has 1 aromatic rings. The SMILES string of the molecule is Cc1ccccc1OCC(O)C(=O)N1CCCC2(CCOCC2)C1. The zero-order valence-electron chi connectivity index (χ0n) is 14.4. The minimum absolute atomic E-state index is 0.00367. The molecule has 1 aromatic carbocycles. The van der Waals surface area contributed by atoms with Gasteiger partial charge in [-0.3, -0.25) is 4.79 Å². The Morgan fingerprint density at radius 3 is 2.83 bits per heavy atom. The second-order valence-corrected chi connectivity index (χ2v) is 7.07. The third-order valence-corrected chi connectivity index (χ3v) is 5.30. The summed E-state index contributed by atoms with van der Waals surface area (Å²) in [6, 6.07) is 7.62. The maximum absolute atomic E-state index is 12.6. The second kappa shape index (κ2) is 7.53. The van der Waals surface area contributed by atoms with Crippen LogP contribution >= 0.6 is 0 Å². The second-order valence-electron chi connectivity index (χ2n) is 7.07. The van der Waals surface area contributed by atoms with Gasteiger partial charge < -0.3 is 19.5 Å². The number of hydrogen-bond acceptors (Lipinski definition) is 4. The molecule has 1 unspecified atom stereocenters. The number of para-hydroxylation sites is 1. The predicted molar refractivity (Wildman–Crippen MR) is 91.0 cm³/mol. The maximum Gasteiger partial charge on any atom is 0.254 e. The van der Waals surface area contributed by atoms with Crippen LogP contribution in [-0.2, 0) is 9.53 Å². The van der Waals surface area contributed by atoms with Crippen LogP contribution in [0.25, 0.3) is 0 Å². The van der Waals surface area contributed by atoms with Crippen LogP contribution in [0.3, 0.4) is 0 Å². The van der Waals surface area contributed by atoms with Gasteiger partial charge in [0.05, 0.1) is 0 Å². The molecule has 5 heteroatoms. The molecule has 0 bridgehead atoms. The van der Waals surface area contributed by atoms with Crippen molar-refractivity contribution in [2.24, 2.45) is 5.41 Å². The monoisotopic (exact) mass is 333 g/mol. The number of carbonyl (C=O) groups excluding carboxylic acids is 1. The van der Waals surface area contributed by atoms with Gasteiger partial charge in [-0.1, -0.05) is 18.2 Å². The number of benzene rings is 1. The number of aliphatic hydroxyl groups is 1. The number of hydrogen-bond donors (Lipinski definition) is 1. The van der Waals surface area contributed by atoms with E-state index in [2.05, 4.69) is 0 Å². The number of carbonyl (C=O) groups is 1. The Morgan fingerprint density at radius 2 is 2.08 bits per heavy atom. The number of piperidine rings is 1. The summed E-state index contributed by atoms with van der Waals surface area (Å²) in [5, 5.41) is 10.3. The van der Waals surface area contributed by atoms with Crippen molar-refractivity contribution in [3.05, 3.63) is 29.8 Å². The molecule has 2 saturated heterocycles. The van der Waals surface area contributed by atoms with Gasteiger partial charge in [0.25, 0.3) is 5.91 Å². The van der Waals surface area contributed by atoms with E-state index >= 15 is 0 Å². The summed E-state index contributed by atoms with van der Waals surface area (Å²) in [7, 11) is 0. The minimum Gasteiger partial charge on any atom is -0.490 e. The van der Waals surface area contributed by atoms with E-state index in [9.17, 15) is 9.90 Å². The van der Waals surface area contributed by atoms with Gasteiger partial charge in [-0.2, -0.15) is 0 Å². The van der Waals surface area contributed by atoms with Crippen molar-refractivity contribution in [3.8, 4) is 5.75 Å². The number of amides is 1. The lowest BCUT2D eigenvalue weighted by Gasteiger charge is -2.45. The Hall–Kier alpha value is -1.59. The first-order valence-corrected chi connectivity index (χ1v) is 8.83. The fourth-order valence-corrected chi connectivity index (χ4v) is 3.78. The Morgan fingerprint density at radius 1 is 1.33 bits per heavy atom. The topological polar surface area (TPSA) is 59.0 Å². The van der Waals surface area contributed by atoms with Gasteiger partial charge in [-0.05, 0) is 49.7 Å². The lowest BCUT2D eigenvalue weighted by molar-refractivity contribution is -0.147. The van der Waals surface area contributed by atoms with E-state index in [1.807, 2.05) is 36.1 Å². The summed E-state index contributed by atoms with van der Waals surface area (Å²) in [4.78, 5) is 14.4. The molecule has 2 aliphatic rings. The van der Waals surface area contributed by atoms with Crippen LogP contribution in [-0.4, -0.2) is 54.9 Å². The third-order valence-electron chi connectivity index (χ3n) is 5.30. The van der Waals surface area contributed by atoms with Crippen LogP contribution in [0.5, 0.6) is 5.75 Å². The molecule has 1 atom stereocenters. The summed E-state index contributed by atoms with van der Waals surface area (Å²) in [6.07, 6.45) is 3.05. The molecular weight excluding hydrogens is 306 g/mol. The summed E-state index contributed by atoms with van der Waals surface area (Å²) < 4.78 is 11.1. The Kier molecular flexibility index (Phi) is 5.41. The molecular formula is C19H27NO4. The Labute approximate surface area is 143 Å². The predicted octanol–water partition coefficient (Wildman–Crippen LogP) is 2.15. The van der Waals surface area contributed by atoms with Crippen molar-refractivity contribution in [2.75, 3.05) is 32.9 Å². The van der Waals surface area contributed by atoms with Gasteiger partial charge in [-0.25, -0.2) is 0 Å². The number of aliphatic hydroxyl groups excluding tert-OH is 1. The van der Waals surface area contributed by atoms with Crippen molar-refractivity contribution < 1.29 is 19.4 Å².